The van der Waals surface area contributed by atoms with Gasteiger partial charge in [0, 0.05) is 12.7 Å². The quantitative estimate of drug-likeness (QED) is 0.879. The number of alkyl halides is 3. The Kier molecular flexibility index (Phi) is 3.89. The van der Waals surface area contributed by atoms with Gasteiger partial charge < -0.3 is 5.32 Å². The largest absolute Gasteiger partial charge is 0.416 e. The number of rotatable bonds is 4. The Morgan fingerprint density at radius 1 is 1.32 bits per heavy atom. The van der Waals surface area contributed by atoms with Gasteiger partial charge in [0.05, 0.1) is 18.3 Å². The van der Waals surface area contributed by atoms with Gasteiger partial charge >= 0.3 is 6.18 Å². The highest BCUT2D eigenvalue weighted by atomic mass is 35.5. The fourth-order valence-corrected chi connectivity index (χ4v) is 1.61. The van der Waals surface area contributed by atoms with E-state index in [0.717, 1.165) is 12.1 Å². The SMILES string of the molecule is FC(F)(F)c1cc(Cl)nc(NCCn2ccnn2)c1. The maximum Gasteiger partial charge on any atom is 0.416 e. The predicted molar refractivity (Wildman–Crippen MR) is 62.8 cm³/mol. The summed E-state index contributed by atoms with van der Waals surface area (Å²) in [6.45, 7) is 0.809. The average molecular weight is 292 g/mol. The van der Waals surface area contributed by atoms with Crippen molar-refractivity contribution >= 4 is 17.4 Å². The summed E-state index contributed by atoms with van der Waals surface area (Å²) in [4.78, 5) is 3.78. The molecule has 0 atom stereocenters. The van der Waals surface area contributed by atoms with Gasteiger partial charge in [-0.25, -0.2) is 4.98 Å². The van der Waals surface area contributed by atoms with E-state index < -0.39 is 11.7 Å². The van der Waals surface area contributed by atoms with E-state index in [9.17, 15) is 13.2 Å². The summed E-state index contributed by atoms with van der Waals surface area (Å²) < 4.78 is 39.2. The van der Waals surface area contributed by atoms with Crippen LogP contribution in [0.5, 0.6) is 0 Å². The highest BCUT2D eigenvalue weighted by molar-refractivity contribution is 6.29. The Hall–Kier alpha value is -1.83. The molecule has 0 aromatic carbocycles. The zero-order valence-corrected chi connectivity index (χ0v) is 10.3. The Bertz CT molecular complexity index is 541. The summed E-state index contributed by atoms with van der Waals surface area (Å²) in [5.74, 6) is 0.0694. The molecule has 0 saturated heterocycles. The van der Waals surface area contributed by atoms with Crippen LogP contribution in [0.3, 0.4) is 0 Å². The molecule has 0 saturated carbocycles. The van der Waals surface area contributed by atoms with Crippen molar-refractivity contribution in [2.45, 2.75) is 12.7 Å². The second kappa shape index (κ2) is 5.43. The van der Waals surface area contributed by atoms with Gasteiger partial charge in [0.2, 0.25) is 0 Å². The summed E-state index contributed by atoms with van der Waals surface area (Å²) in [7, 11) is 0. The van der Waals surface area contributed by atoms with Crippen molar-refractivity contribution in [2.75, 3.05) is 11.9 Å². The van der Waals surface area contributed by atoms with E-state index >= 15 is 0 Å². The molecular formula is C10H9ClF3N5. The fourth-order valence-electron chi connectivity index (χ4n) is 1.40. The number of nitrogens with one attached hydrogen (secondary N) is 1. The van der Waals surface area contributed by atoms with Gasteiger partial charge in [0.25, 0.3) is 0 Å². The van der Waals surface area contributed by atoms with Gasteiger partial charge in [-0.05, 0) is 12.1 Å². The molecule has 9 heteroatoms. The number of halogens is 4. The van der Waals surface area contributed by atoms with Crippen molar-refractivity contribution in [2.24, 2.45) is 0 Å². The summed E-state index contributed by atoms with van der Waals surface area (Å²) in [5, 5.41) is 9.87. The van der Waals surface area contributed by atoms with Crippen LogP contribution in [0.2, 0.25) is 5.15 Å². The van der Waals surface area contributed by atoms with E-state index in [4.69, 9.17) is 11.6 Å². The molecule has 0 aliphatic carbocycles. The van der Waals surface area contributed by atoms with Crippen LogP contribution in [0.15, 0.2) is 24.5 Å². The first-order valence-corrected chi connectivity index (χ1v) is 5.66. The minimum absolute atomic E-state index is 0.0694. The molecule has 0 amide bonds. The van der Waals surface area contributed by atoms with Crippen molar-refractivity contribution in [3.05, 3.63) is 35.2 Å². The van der Waals surface area contributed by atoms with Gasteiger partial charge in [0.1, 0.15) is 11.0 Å². The van der Waals surface area contributed by atoms with Crippen molar-refractivity contribution in [3.63, 3.8) is 0 Å². The third-order valence-corrected chi connectivity index (χ3v) is 2.43. The highest BCUT2D eigenvalue weighted by Gasteiger charge is 2.31. The molecule has 2 rings (SSSR count). The third kappa shape index (κ3) is 3.82. The molecule has 2 aromatic rings. The van der Waals surface area contributed by atoms with Crippen molar-refractivity contribution < 1.29 is 13.2 Å². The topological polar surface area (TPSA) is 55.6 Å². The second-order valence-electron chi connectivity index (χ2n) is 3.65. The van der Waals surface area contributed by atoms with Crippen molar-refractivity contribution in [1.29, 1.82) is 0 Å². The van der Waals surface area contributed by atoms with Gasteiger partial charge in [0.15, 0.2) is 0 Å². The molecule has 19 heavy (non-hydrogen) atoms. The lowest BCUT2D eigenvalue weighted by atomic mass is 10.2. The van der Waals surface area contributed by atoms with Crippen LogP contribution < -0.4 is 5.32 Å². The monoisotopic (exact) mass is 291 g/mol. The van der Waals surface area contributed by atoms with E-state index in [-0.39, 0.29) is 11.0 Å². The smallest absolute Gasteiger partial charge is 0.368 e. The molecule has 5 nitrogen and oxygen atoms in total. The number of aromatic nitrogens is 4. The fraction of sp³-hybridized carbons (Fsp3) is 0.300. The molecule has 0 radical (unpaired) electrons. The standard InChI is InChI=1S/C10H9ClF3N5/c11-8-5-7(10(12,13)14)6-9(17-8)15-1-3-19-4-2-16-18-19/h2,4-6H,1,3H2,(H,15,17). The lowest BCUT2D eigenvalue weighted by Gasteiger charge is -2.10. The van der Waals surface area contributed by atoms with Gasteiger partial charge in [-0.3, -0.25) is 4.68 Å². The number of hydrogen-bond donors (Lipinski definition) is 1. The van der Waals surface area contributed by atoms with Crippen LogP contribution in [0.4, 0.5) is 19.0 Å². The molecule has 0 fully saturated rings. The van der Waals surface area contributed by atoms with Gasteiger partial charge in [-0.2, -0.15) is 13.2 Å². The van der Waals surface area contributed by atoms with Crippen LogP contribution >= 0.6 is 11.6 Å². The zero-order valence-electron chi connectivity index (χ0n) is 9.52. The van der Waals surface area contributed by atoms with E-state index in [1.165, 1.54) is 6.20 Å². The minimum Gasteiger partial charge on any atom is -0.368 e. The molecular weight excluding hydrogens is 283 g/mol. The van der Waals surface area contributed by atoms with Crippen LogP contribution in [-0.2, 0) is 12.7 Å². The molecule has 0 unspecified atom stereocenters. The molecule has 2 heterocycles. The maximum atomic E-state index is 12.6. The Balaban J connectivity index is 2.02. The molecule has 1 N–H and O–H groups in total. The number of anilines is 1. The zero-order chi connectivity index (χ0) is 13.9. The molecule has 102 valence electrons. The Labute approximate surface area is 111 Å². The average Bonchev–Trinajstić information content (AvgIpc) is 2.80. The third-order valence-electron chi connectivity index (χ3n) is 2.24. The van der Waals surface area contributed by atoms with Crippen molar-refractivity contribution in [3.8, 4) is 0 Å². The minimum atomic E-state index is -4.45. The van der Waals surface area contributed by atoms with E-state index in [0.29, 0.717) is 13.1 Å². The van der Waals surface area contributed by atoms with Gasteiger partial charge in [-0.15, -0.1) is 5.10 Å². The lowest BCUT2D eigenvalue weighted by Crippen LogP contribution is -2.13. The molecule has 0 aliphatic rings. The van der Waals surface area contributed by atoms with Crippen LogP contribution in [0.25, 0.3) is 0 Å². The predicted octanol–water partition coefficient (Wildman–Crippen LogP) is 2.46. The number of nitrogens with zero attached hydrogens (tertiary/aromatic N) is 4. The maximum absolute atomic E-state index is 12.6. The summed E-state index contributed by atoms with van der Waals surface area (Å²) >= 11 is 5.56. The normalized spacial score (nSPS) is 11.6. The number of pyridine rings is 1. The van der Waals surface area contributed by atoms with Crippen molar-refractivity contribution in [1.82, 2.24) is 20.0 Å². The van der Waals surface area contributed by atoms with Crippen LogP contribution in [0.1, 0.15) is 5.56 Å². The van der Waals surface area contributed by atoms with Crippen LogP contribution in [-0.4, -0.2) is 26.5 Å². The molecule has 0 spiro atoms. The van der Waals surface area contributed by atoms with E-state index in [1.54, 1.807) is 10.9 Å². The molecule has 0 aliphatic heterocycles. The Morgan fingerprint density at radius 3 is 2.74 bits per heavy atom. The molecule has 2 aromatic heterocycles. The van der Waals surface area contributed by atoms with Crippen LogP contribution in [0, 0.1) is 0 Å². The lowest BCUT2D eigenvalue weighted by molar-refractivity contribution is -0.137. The summed E-state index contributed by atoms with van der Waals surface area (Å²) in [6.07, 6.45) is -1.29. The van der Waals surface area contributed by atoms with E-state index in [2.05, 4.69) is 20.6 Å². The molecule has 0 bridgehead atoms. The van der Waals surface area contributed by atoms with Gasteiger partial charge in [-0.1, -0.05) is 16.8 Å². The first-order valence-electron chi connectivity index (χ1n) is 5.28. The summed E-state index contributed by atoms with van der Waals surface area (Å²) in [6, 6.07) is 1.69. The summed E-state index contributed by atoms with van der Waals surface area (Å²) in [5.41, 5.74) is -0.837. The number of hydrogen-bond acceptors (Lipinski definition) is 4. The van der Waals surface area contributed by atoms with E-state index in [1.807, 2.05) is 0 Å². The first-order chi connectivity index (χ1) is 8.95. The Morgan fingerprint density at radius 2 is 2.11 bits per heavy atom. The first kappa shape index (κ1) is 13.6. The second-order valence-corrected chi connectivity index (χ2v) is 4.04. The highest BCUT2D eigenvalue weighted by Crippen LogP contribution is 2.31.